The fourth-order valence-electron chi connectivity index (χ4n) is 1.69. The van der Waals surface area contributed by atoms with Crippen LogP contribution >= 0.6 is 15.9 Å². The van der Waals surface area contributed by atoms with Gasteiger partial charge in [0.15, 0.2) is 0 Å². The van der Waals surface area contributed by atoms with E-state index in [0.29, 0.717) is 6.61 Å². The van der Waals surface area contributed by atoms with Crippen LogP contribution in [0.3, 0.4) is 0 Å². The van der Waals surface area contributed by atoms with Crippen LogP contribution in [0.1, 0.15) is 32.3 Å². The van der Waals surface area contributed by atoms with Crippen molar-refractivity contribution in [3.63, 3.8) is 0 Å². The lowest BCUT2D eigenvalue weighted by molar-refractivity contribution is -0.131. The van der Waals surface area contributed by atoms with Gasteiger partial charge in [0, 0.05) is 6.08 Å². The molecule has 1 rings (SSSR count). The van der Waals surface area contributed by atoms with Crippen molar-refractivity contribution in [2.24, 2.45) is 0 Å². The second-order valence-corrected chi connectivity index (χ2v) is 4.69. The number of benzene rings is 1. The number of allylic oxidation sites excluding steroid dienone is 1. The molecule has 18 heavy (non-hydrogen) atoms. The third-order valence-corrected chi connectivity index (χ3v) is 3.04. The topological polar surface area (TPSA) is 46.5 Å². The molecule has 0 aliphatic rings. The molecule has 1 aromatic carbocycles. The molecule has 0 spiro atoms. The van der Waals surface area contributed by atoms with Crippen molar-refractivity contribution in [2.75, 3.05) is 6.61 Å². The molecule has 0 aliphatic carbocycles. The molecule has 4 heteroatoms. The van der Waals surface area contributed by atoms with Gasteiger partial charge in [-0.05, 0) is 52.5 Å². The number of hydrogen-bond acceptors (Lipinski definition) is 2. The highest BCUT2D eigenvalue weighted by atomic mass is 79.9. The van der Waals surface area contributed by atoms with E-state index < -0.39 is 5.97 Å². The predicted molar refractivity (Wildman–Crippen MR) is 75.8 cm³/mol. The van der Waals surface area contributed by atoms with Crippen LogP contribution in [0.2, 0.25) is 0 Å². The molecule has 0 aromatic heterocycles. The van der Waals surface area contributed by atoms with Crippen LogP contribution in [-0.2, 0) is 4.79 Å². The molecule has 0 saturated carbocycles. The van der Waals surface area contributed by atoms with Crippen LogP contribution < -0.4 is 4.74 Å². The first-order chi connectivity index (χ1) is 8.58. The summed E-state index contributed by atoms with van der Waals surface area (Å²) < 4.78 is 6.27. The molecule has 1 aromatic rings. The standard InChI is InChI=1S/C14H17BrO3/c1-3-5-10(9-14(16)17)11-6-7-13(18-4-2)12(15)8-11/h6-9H,3-5H2,1-2H3,(H,16,17)/b10-9+. The average Bonchev–Trinajstić information content (AvgIpc) is 2.31. The molecular formula is C14H17BrO3. The van der Waals surface area contributed by atoms with E-state index in [1.54, 1.807) is 0 Å². The Kier molecular flexibility index (Phi) is 5.92. The minimum Gasteiger partial charge on any atom is -0.493 e. The zero-order chi connectivity index (χ0) is 13.5. The summed E-state index contributed by atoms with van der Waals surface area (Å²) in [4.78, 5) is 10.8. The number of aliphatic carboxylic acids is 1. The Labute approximate surface area is 116 Å². The smallest absolute Gasteiger partial charge is 0.328 e. The summed E-state index contributed by atoms with van der Waals surface area (Å²) in [5.41, 5.74) is 1.74. The van der Waals surface area contributed by atoms with E-state index >= 15 is 0 Å². The molecule has 0 atom stereocenters. The number of rotatable bonds is 6. The summed E-state index contributed by atoms with van der Waals surface area (Å²) in [6.45, 7) is 4.55. The van der Waals surface area contributed by atoms with Gasteiger partial charge in [-0.3, -0.25) is 0 Å². The summed E-state index contributed by atoms with van der Waals surface area (Å²) in [6.07, 6.45) is 2.92. The molecule has 1 N–H and O–H groups in total. The van der Waals surface area contributed by atoms with E-state index in [1.807, 2.05) is 32.0 Å². The number of carboxylic acid groups (broad SMARTS) is 1. The maximum Gasteiger partial charge on any atom is 0.328 e. The first-order valence-electron chi connectivity index (χ1n) is 5.94. The quantitative estimate of drug-likeness (QED) is 0.804. The van der Waals surface area contributed by atoms with Gasteiger partial charge in [-0.2, -0.15) is 0 Å². The van der Waals surface area contributed by atoms with Crippen molar-refractivity contribution < 1.29 is 14.6 Å². The zero-order valence-electron chi connectivity index (χ0n) is 10.6. The van der Waals surface area contributed by atoms with Gasteiger partial charge in [0.05, 0.1) is 11.1 Å². The second-order valence-electron chi connectivity index (χ2n) is 3.84. The highest BCUT2D eigenvalue weighted by Crippen LogP contribution is 2.30. The molecule has 0 fully saturated rings. The Balaban J connectivity index is 3.07. The Morgan fingerprint density at radius 3 is 2.67 bits per heavy atom. The van der Waals surface area contributed by atoms with E-state index in [4.69, 9.17) is 9.84 Å². The number of halogens is 1. The Bertz CT molecular complexity index is 452. The molecular weight excluding hydrogens is 296 g/mol. The van der Waals surface area contributed by atoms with Gasteiger partial charge in [0.1, 0.15) is 5.75 Å². The summed E-state index contributed by atoms with van der Waals surface area (Å²) in [6, 6.07) is 5.64. The first kappa shape index (κ1) is 14.8. The van der Waals surface area contributed by atoms with Gasteiger partial charge in [-0.25, -0.2) is 4.79 Å². The van der Waals surface area contributed by atoms with Crippen molar-refractivity contribution in [3.8, 4) is 5.75 Å². The van der Waals surface area contributed by atoms with Crippen LogP contribution in [0.4, 0.5) is 0 Å². The van der Waals surface area contributed by atoms with E-state index in [1.165, 1.54) is 6.08 Å². The second kappa shape index (κ2) is 7.21. The molecule has 0 amide bonds. The minimum atomic E-state index is -0.913. The molecule has 0 saturated heterocycles. The van der Waals surface area contributed by atoms with Crippen LogP contribution in [0, 0.1) is 0 Å². The van der Waals surface area contributed by atoms with Crippen molar-refractivity contribution in [2.45, 2.75) is 26.7 Å². The van der Waals surface area contributed by atoms with Gasteiger partial charge in [-0.15, -0.1) is 0 Å². The van der Waals surface area contributed by atoms with E-state index in [0.717, 1.165) is 34.2 Å². The first-order valence-corrected chi connectivity index (χ1v) is 6.74. The largest absolute Gasteiger partial charge is 0.493 e. The van der Waals surface area contributed by atoms with Gasteiger partial charge in [0.2, 0.25) is 0 Å². The van der Waals surface area contributed by atoms with Crippen LogP contribution in [-0.4, -0.2) is 17.7 Å². The van der Waals surface area contributed by atoms with Gasteiger partial charge in [-0.1, -0.05) is 19.4 Å². The number of carboxylic acids is 1. The van der Waals surface area contributed by atoms with Crippen molar-refractivity contribution in [1.82, 2.24) is 0 Å². The lowest BCUT2D eigenvalue weighted by Gasteiger charge is -2.10. The Morgan fingerprint density at radius 1 is 1.44 bits per heavy atom. The van der Waals surface area contributed by atoms with Gasteiger partial charge < -0.3 is 9.84 Å². The lowest BCUT2D eigenvalue weighted by atomic mass is 10.0. The minimum absolute atomic E-state index is 0.602. The summed E-state index contributed by atoms with van der Waals surface area (Å²) in [5.74, 6) is -0.143. The monoisotopic (exact) mass is 312 g/mol. The number of hydrogen-bond donors (Lipinski definition) is 1. The van der Waals surface area contributed by atoms with Gasteiger partial charge >= 0.3 is 5.97 Å². The maximum atomic E-state index is 10.8. The molecule has 0 unspecified atom stereocenters. The molecule has 3 nitrogen and oxygen atoms in total. The van der Waals surface area contributed by atoms with E-state index in [-0.39, 0.29) is 0 Å². The fraction of sp³-hybridized carbons (Fsp3) is 0.357. The Morgan fingerprint density at radius 2 is 2.17 bits per heavy atom. The molecule has 0 heterocycles. The molecule has 0 aliphatic heterocycles. The van der Waals surface area contributed by atoms with E-state index in [9.17, 15) is 4.79 Å². The summed E-state index contributed by atoms with van der Waals surface area (Å²) in [5, 5.41) is 8.87. The third-order valence-electron chi connectivity index (χ3n) is 2.42. The highest BCUT2D eigenvalue weighted by molar-refractivity contribution is 9.10. The fourth-order valence-corrected chi connectivity index (χ4v) is 2.18. The van der Waals surface area contributed by atoms with Gasteiger partial charge in [0.25, 0.3) is 0 Å². The molecule has 98 valence electrons. The third kappa shape index (κ3) is 4.18. The van der Waals surface area contributed by atoms with Crippen LogP contribution in [0.5, 0.6) is 5.75 Å². The summed E-state index contributed by atoms with van der Waals surface area (Å²) in [7, 11) is 0. The Hall–Kier alpha value is -1.29. The highest BCUT2D eigenvalue weighted by Gasteiger charge is 2.07. The molecule has 0 radical (unpaired) electrons. The van der Waals surface area contributed by atoms with Crippen molar-refractivity contribution in [1.29, 1.82) is 0 Å². The maximum absolute atomic E-state index is 10.8. The summed E-state index contributed by atoms with van der Waals surface area (Å²) >= 11 is 3.43. The lowest BCUT2D eigenvalue weighted by Crippen LogP contribution is -1.95. The zero-order valence-corrected chi connectivity index (χ0v) is 12.2. The van der Waals surface area contributed by atoms with E-state index in [2.05, 4.69) is 15.9 Å². The van der Waals surface area contributed by atoms with Crippen LogP contribution in [0.15, 0.2) is 28.7 Å². The predicted octanol–water partition coefficient (Wildman–Crippen LogP) is 4.12. The number of ether oxygens (including phenoxy) is 1. The number of carbonyl (C=O) groups is 1. The van der Waals surface area contributed by atoms with Crippen molar-refractivity contribution >= 4 is 27.5 Å². The van der Waals surface area contributed by atoms with Crippen molar-refractivity contribution in [3.05, 3.63) is 34.3 Å². The average molecular weight is 313 g/mol. The SMILES string of the molecule is CCC/C(=C\C(=O)O)c1ccc(OCC)c(Br)c1. The van der Waals surface area contributed by atoms with Crippen LogP contribution in [0.25, 0.3) is 5.57 Å². The molecule has 0 bridgehead atoms. The normalized spacial score (nSPS) is 11.4.